The molecular formula is C17H17ClFN2O9P. The summed E-state index contributed by atoms with van der Waals surface area (Å²) in [4.78, 5) is 25.4. The second-order valence-electron chi connectivity index (χ2n) is 6.45. The fraction of sp³-hybridized carbons (Fsp3) is 0.412. The minimum absolute atomic E-state index is 0.0695. The van der Waals surface area contributed by atoms with Gasteiger partial charge in [0, 0.05) is 18.2 Å². The molecule has 4 rings (SSSR count). The van der Waals surface area contributed by atoms with Crippen LogP contribution in [0.4, 0.5) is 4.39 Å². The third-order valence-electron chi connectivity index (χ3n) is 4.31. The topological polar surface area (TPSA) is 138 Å². The number of nitrogens with zero attached hydrogens (tertiary/aromatic N) is 1. The number of aromatic amines is 1. The Morgan fingerprint density at radius 3 is 3.06 bits per heavy atom. The Hall–Kier alpha value is -2.21. The molecule has 1 unspecified atom stereocenters. The van der Waals surface area contributed by atoms with Crippen molar-refractivity contribution in [3.05, 3.63) is 55.8 Å². The number of hydrogen-bond acceptors (Lipinski definition) is 9. The summed E-state index contributed by atoms with van der Waals surface area (Å²) in [5.41, 5.74) is -1.90. The molecule has 2 aliphatic heterocycles. The van der Waals surface area contributed by atoms with Crippen LogP contribution in [0, 0.1) is 0 Å². The Kier molecular flexibility index (Phi) is 4.77. The lowest BCUT2D eigenvalue weighted by molar-refractivity contribution is -0.179. The monoisotopic (exact) mass is 481 g/mol. The molecule has 1 aromatic heterocycles. The van der Waals surface area contributed by atoms with E-state index in [9.17, 15) is 19.3 Å². The average molecular weight is 482 g/mol. The van der Waals surface area contributed by atoms with Crippen molar-refractivity contribution < 1.29 is 41.2 Å². The Bertz CT molecular complexity index is 1300. The van der Waals surface area contributed by atoms with Crippen LogP contribution in [0.5, 0.6) is 11.5 Å². The normalized spacial score (nSPS) is 34.2. The van der Waals surface area contributed by atoms with Crippen molar-refractivity contribution >= 4 is 19.4 Å². The maximum Gasteiger partial charge on any atom is 0.530 e. The molecule has 0 amide bonds. The van der Waals surface area contributed by atoms with E-state index in [-0.39, 0.29) is 22.7 Å². The first-order valence-corrected chi connectivity index (χ1v) is 10.5. The predicted octanol–water partition coefficient (Wildman–Crippen LogP) is 1.88. The number of phosphoric ester groups is 1. The van der Waals surface area contributed by atoms with E-state index < -0.39 is 55.2 Å². The van der Waals surface area contributed by atoms with Crippen molar-refractivity contribution in [2.45, 2.75) is 31.2 Å². The minimum Gasteiger partial charge on any atom is -0.493 e. The summed E-state index contributed by atoms with van der Waals surface area (Å²) in [6.45, 7) is -3.99. The van der Waals surface area contributed by atoms with E-state index in [1.807, 2.05) is 0 Å². The Labute approximate surface area is 183 Å². The summed E-state index contributed by atoms with van der Waals surface area (Å²) in [6, 6.07) is 4.63. The number of halogens is 2. The number of rotatable bonds is 5. The molecule has 0 aliphatic carbocycles. The van der Waals surface area contributed by atoms with Gasteiger partial charge in [0.1, 0.15) is 17.7 Å². The van der Waals surface area contributed by atoms with Gasteiger partial charge in [0.25, 0.3) is 5.56 Å². The molecular weight excluding hydrogens is 462 g/mol. The van der Waals surface area contributed by atoms with E-state index in [2.05, 4.69) is 0 Å². The highest BCUT2D eigenvalue weighted by Crippen LogP contribution is 2.57. The number of fused-ring (bicyclic) bond motifs is 1. The van der Waals surface area contributed by atoms with Crippen molar-refractivity contribution in [3.8, 4) is 11.5 Å². The molecule has 1 fully saturated rings. The number of benzene rings is 1. The SMILES string of the molecule is [2H]C([2H])(OP1(=O)OCc2cccc(OC)c2O1)[C@]1(F)C[C@@H](O)[C@]([2H])(n2cc(Cl)c(=O)[nH]c2=O)O1. The van der Waals surface area contributed by atoms with Crippen molar-refractivity contribution in [2.75, 3.05) is 13.7 Å². The van der Waals surface area contributed by atoms with Crippen molar-refractivity contribution in [3.63, 3.8) is 0 Å². The standard InChI is InChI=1S/C17H17ClFN2O9P/c1-26-12-4-2-3-9-7-27-31(25,30-13(9)12)28-8-17(19)5-11(22)15(29-17)21-6-10(18)14(23)20-16(21)24/h2-4,6,11,15,22H,5,7-8H2,1H3,(H,20,23,24)/t11-,15-,17+,31?/m1/s1/i8D2,15D. The minimum atomic E-state index is -4.81. The number of methoxy groups -OCH3 is 1. The largest absolute Gasteiger partial charge is 0.530 e. The number of H-pyrrole nitrogens is 1. The molecule has 0 spiro atoms. The average Bonchev–Trinajstić information content (AvgIpc) is 3.00. The van der Waals surface area contributed by atoms with E-state index in [0.717, 1.165) is 0 Å². The van der Waals surface area contributed by atoms with Crippen molar-refractivity contribution in [1.82, 2.24) is 9.55 Å². The molecule has 4 atom stereocenters. The molecule has 2 aromatic rings. The maximum atomic E-state index is 15.7. The van der Waals surface area contributed by atoms with Crippen LogP contribution in [0.25, 0.3) is 0 Å². The molecule has 0 bridgehead atoms. The van der Waals surface area contributed by atoms with Gasteiger partial charge >= 0.3 is 13.5 Å². The van der Waals surface area contributed by atoms with Crippen LogP contribution in [-0.4, -0.2) is 40.3 Å². The Morgan fingerprint density at radius 1 is 1.55 bits per heavy atom. The molecule has 0 radical (unpaired) electrons. The predicted molar refractivity (Wildman–Crippen MR) is 103 cm³/mol. The van der Waals surface area contributed by atoms with Crippen LogP contribution in [0.15, 0.2) is 34.0 Å². The molecule has 1 saturated heterocycles. The van der Waals surface area contributed by atoms with Crippen LogP contribution < -0.4 is 20.5 Å². The molecule has 31 heavy (non-hydrogen) atoms. The van der Waals surface area contributed by atoms with Crippen LogP contribution >= 0.6 is 19.4 Å². The number of phosphoric acid groups is 1. The maximum absolute atomic E-state index is 15.7. The Balaban J connectivity index is 1.64. The van der Waals surface area contributed by atoms with E-state index in [1.54, 1.807) is 17.1 Å². The molecule has 14 heteroatoms. The molecule has 1 aromatic carbocycles. The lowest BCUT2D eigenvalue weighted by atomic mass is 10.2. The number of aliphatic hydroxyl groups excluding tert-OH is 1. The zero-order valence-corrected chi connectivity index (χ0v) is 17.3. The highest BCUT2D eigenvalue weighted by atomic mass is 35.5. The number of aliphatic hydroxyl groups is 1. The summed E-state index contributed by atoms with van der Waals surface area (Å²) in [6.07, 6.45) is -5.76. The molecule has 0 saturated carbocycles. The van der Waals surface area contributed by atoms with Gasteiger partial charge in [0.05, 0.1) is 17.8 Å². The van der Waals surface area contributed by atoms with Crippen LogP contribution in [0.2, 0.25) is 5.02 Å². The van der Waals surface area contributed by atoms with Crippen molar-refractivity contribution in [1.29, 1.82) is 0 Å². The second kappa shape index (κ2) is 8.05. The second-order valence-corrected chi connectivity index (χ2v) is 8.37. The van der Waals surface area contributed by atoms with Crippen molar-refractivity contribution in [2.24, 2.45) is 0 Å². The van der Waals surface area contributed by atoms with E-state index >= 15 is 4.39 Å². The van der Waals surface area contributed by atoms with Crippen LogP contribution in [0.3, 0.4) is 0 Å². The van der Waals surface area contributed by atoms with Gasteiger partial charge in [-0.2, -0.15) is 0 Å². The molecule has 2 aliphatic rings. The van der Waals surface area contributed by atoms with Gasteiger partial charge in [-0.1, -0.05) is 23.7 Å². The van der Waals surface area contributed by atoms with Gasteiger partial charge in [-0.3, -0.25) is 23.4 Å². The highest BCUT2D eigenvalue weighted by Gasteiger charge is 2.50. The zero-order chi connectivity index (χ0) is 25.1. The summed E-state index contributed by atoms with van der Waals surface area (Å²) < 4.78 is 78.3. The number of para-hydroxylation sites is 1. The third kappa shape index (κ3) is 4.27. The lowest BCUT2D eigenvalue weighted by Gasteiger charge is -2.28. The van der Waals surface area contributed by atoms with E-state index in [4.69, 9.17) is 38.8 Å². The van der Waals surface area contributed by atoms with Gasteiger partial charge in [-0.15, -0.1) is 0 Å². The third-order valence-corrected chi connectivity index (χ3v) is 5.75. The van der Waals surface area contributed by atoms with E-state index in [1.165, 1.54) is 13.2 Å². The summed E-state index contributed by atoms with van der Waals surface area (Å²) in [5, 5.41) is 9.75. The number of hydrogen-bond donors (Lipinski definition) is 2. The first-order chi connectivity index (χ1) is 15.7. The summed E-state index contributed by atoms with van der Waals surface area (Å²) in [5.74, 6) is -3.58. The molecule has 168 valence electrons. The van der Waals surface area contributed by atoms with E-state index in [0.29, 0.717) is 11.8 Å². The van der Waals surface area contributed by atoms with Gasteiger partial charge in [0.2, 0.25) is 5.85 Å². The van der Waals surface area contributed by atoms with Gasteiger partial charge in [-0.25, -0.2) is 13.8 Å². The zero-order valence-electron chi connectivity index (χ0n) is 18.7. The Morgan fingerprint density at radius 2 is 2.32 bits per heavy atom. The quantitative estimate of drug-likeness (QED) is 0.613. The number of ether oxygens (including phenoxy) is 2. The summed E-state index contributed by atoms with van der Waals surface area (Å²) >= 11 is 5.65. The molecule has 2 N–H and O–H groups in total. The lowest BCUT2D eigenvalue weighted by Crippen LogP contribution is -2.36. The number of alkyl halides is 1. The molecule has 3 heterocycles. The fourth-order valence-electron chi connectivity index (χ4n) is 2.89. The summed E-state index contributed by atoms with van der Waals surface area (Å²) in [7, 11) is -3.51. The number of aromatic nitrogens is 2. The first kappa shape index (κ1) is 18.4. The smallest absolute Gasteiger partial charge is 0.493 e. The van der Waals surface area contributed by atoms with Gasteiger partial charge in [0.15, 0.2) is 17.7 Å². The van der Waals surface area contributed by atoms with Crippen LogP contribution in [-0.2, 0) is 25.0 Å². The van der Waals surface area contributed by atoms with Gasteiger partial charge in [-0.05, 0) is 6.07 Å². The van der Waals surface area contributed by atoms with Gasteiger partial charge < -0.3 is 19.1 Å². The first-order valence-electron chi connectivity index (χ1n) is 10.1. The number of nitrogens with one attached hydrogen (secondary N) is 1. The highest BCUT2D eigenvalue weighted by molar-refractivity contribution is 7.49. The fourth-order valence-corrected chi connectivity index (χ4v) is 4.15. The van der Waals surface area contributed by atoms with Crippen LogP contribution in [0.1, 0.15) is 22.3 Å². The molecule has 11 nitrogen and oxygen atoms in total.